The number of methoxy groups -OCH3 is 1. The second-order valence-electron chi connectivity index (χ2n) is 17.4. The topological polar surface area (TPSA) is 175 Å². The van der Waals surface area contributed by atoms with Crippen LogP contribution in [-0.2, 0) is 42.7 Å². The SMILES string of the molecule is CC[C@@H](O)[C@@](C)(O)[C@@H]1OC(=O)[C@H](C)[C@@H](O[C@H]2CC(C)(OC)[C@@H](O)C(C)O2)[C@H](C)[C@@H](O[C@@H]2OC(C)CC(N3CCOCC3)C2O)[C@]2(C)CC(C)C(O2)[C@@H]1C. The van der Waals surface area contributed by atoms with Crippen molar-refractivity contribution in [2.75, 3.05) is 33.4 Å². The zero-order valence-corrected chi connectivity index (χ0v) is 33.8. The Morgan fingerprint density at radius 1 is 1.00 bits per heavy atom. The minimum Gasteiger partial charge on any atom is -0.459 e. The maximum absolute atomic E-state index is 14.4. The molecular formula is C39H69NO13. The maximum atomic E-state index is 14.4. The van der Waals surface area contributed by atoms with Gasteiger partial charge in [-0.1, -0.05) is 27.7 Å². The summed E-state index contributed by atoms with van der Waals surface area (Å²) in [6.07, 6.45) is -7.46. The van der Waals surface area contributed by atoms with E-state index >= 15 is 0 Å². The molecule has 5 saturated heterocycles. The lowest BCUT2D eigenvalue weighted by Crippen LogP contribution is -2.61. The summed E-state index contributed by atoms with van der Waals surface area (Å²) in [5.41, 5.74) is -3.74. The smallest absolute Gasteiger partial charge is 0.311 e. The average Bonchev–Trinajstić information content (AvgIpc) is 3.44. The zero-order valence-electron chi connectivity index (χ0n) is 33.8. The van der Waals surface area contributed by atoms with E-state index < -0.39 is 102 Å². The molecule has 5 heterocycles. The van der Waals surface area contributed by atoms with Gasteiger partial charge in [0.1, 0.15) is 23.9 Å². The van der Waals surface area contributed by atoms with Crippen LogP contribution in [0.2, 0.25) is 0 Å². The number of morpholine rings is 1. The van der Waals surface area contributed by atoms with Crippen LogP contribution < -0.4 is 0 Å². The van der Waals surface area contributed by atoms with Crippen LogP contribution in [0.25, 0.3) is 0 Å². The molecule has 0 aromatic rings. The Kier molecular flexibility index (Phi) is 13.7. The Labute approximate surface area is 316 Å². The number of nitrogens with zero attached hydrogens (tertiary/aromatic N) is 1. The van der Waals surface area contributed by atoms with E-state index in [1.807, 2.05) is 27.7 Å². The van der Waals surface area contributed by atoms with Gasteiger partial charge in [0.05, 0.1) is 67.0 Å². The number of aliphatic hydroxyl groups is 4. The first-order valence-electron chi connectivity index (χ1n) is 19.9. The fourth-order valence-electron chi connectivity index (χ4n) is 9.96. The van der Waals surface area contributed by atoms with E-state index in [1.165, 1.54) is 14.0 Å². The molecule has 5 aliphatic heterocycles. The van der Waals surface area contributed by atoms with E-state index in [0.717, 1.165) is 0 Å². The van der Waals surface area contributed by atoms with Gasteiger partial charge < -0.3 is 58.3 Å². The molecule has 308 valence electrons. The van der Waals surface area contributed by atoms with Gasteiger partial charge in [0.15, 0.2) is 12.6 Å². The van der Waals surface area contributed by atoms with Crippen LogP contribution in [0.4, 0.5) is 0 Å². The third-order valence-electron chi connectivity index (χ3n) is 13.2. The van der Waals surface area contributed by atoms with Crippen LogP contribution >= 0.6 is 0 Å². The van der Waals surface area contributed by atoms with Gasteiger partial charge in [-0.15, -0.1) is 0 Å². The van der Waals surface area contributed by atoms with Gasteiger partial charge >= 0.3 is 5.97 Å². The Bertz CT molecular complexity index is 1220. The van der Waals surface area contributed by atoms with Crippen LogP contribution in [0.15, 0.2) is 0 Å². The lowest BCUT2D eigenvalue weighted by molar-refractivity contribution is -0.319. The second-order valence-corrected chi connectivity index (χ2v) is 17.4. The number of hydrogen-bond acceptors (Lipinski definition) is 14. The van der Waals surface area contributed by atoms with Crippen molar-refractivity contribution in [1.82, 2.24) is 4.90 Å². The van der Waals surface area contributed by atoms with Crippen molar-refractivity contribution in [2.24, 2.45) is 23.7 Å². The molecule has 4 N–H and O–H groups in total. The molecule has 14 nitrogen and oxygen atoms in total. The molecule has 0 spiro atoms. The van der Waals surface area contributed by atoms with E-state index in [0.29, 0.717) is 39.1 Å². The van der Waals surface area contributed by atoms with Gasteiger partial charge in [-0.3, -0.25) is 9.69 Å². The lowest BCUT2D eigenvalue weighted by Gasteiger charge is -2.49. The highest BCUT2D eigenvalue weighted by Gasteiger charge is 2.59. The van der Waals surface area contributed by atoms with Crippen molar-refractivity contribution in [3.8, 4) is 0 Å². The average molecular weight is 760 g/mol. The molecule has 0 radical (unpaired) electrons. The number of aliphatic hydroxyl groups excluding tert-OH is 3. The van der Waals surface area contributed by atoms with E-state index in [9.17, 15) is 25.2 Å². The van der Waals surface area contributed by atoms with E-state index in [1.54, 1.807) is 27.7 Å². The molecule has 0 aliphatic carbocycles. The Hall–Kier alpha value is -1.01. The first kappa shape index (κ1) is 43.1. The molecule has 19 atom stereocenters. The molecule has 0 saturated carbocycles. The Balaban J connectivity index is 1.57. The largest absolute Gasteiger partial charge is 0.459 e. The number of cyclic esters (lactones) is 1. The Morgan fingerprint density at radius 3 is 2.28 bits per heavy atom. The molecule has 2 bridgehead atoms. The van der Waals surface area contributed by atoms with E-state index in [2.05, 4.69) is 11.8 Å². The summed E-state index contributed by atoms with van der Waals surface area (Å²) in [5, 5.41) is 45.7. The van der Waals surface area contributed by atoms with Gasteiger partial charge in [-0.25, -0.2) is 0 Å². The highest BCUT2D eigenvalue weighted by Crippen LogP contribution is 2.48. The molecule has 5 fully saturated rings. The monoisotopic (exact) mass is 759 g/mol. The molecular weight excluding hydrogens is 690 g/mol. The lowest BCUT2D eigenvalue weighted by atomic mass is 9.76. The van der Waals surface area contributed by atoms with Gasteiger partial charge in [0, 0.05) is 44.5 Å². The van der Waals surface area contributed by atoms with Gasteiger partial charge in [-0.2, -0.15) is 0 Å². The molecule has 0 aromatic heterocycles. The normalized spacial score (nSPS) is 49.4. The first-order chi connectivity index (χ1) is 24.8. The van der Waals surface area contributed by atoms with Crippen molar-refractivity contribution < 1.29 is 63.1 Å². The molecule has 5 aliphatic rings. The predicted molar refractivity (Wildman–Crippen MR) is 193 cm³/mol. The summed E-state index contributed by atoms with van der Waals surface area (Å²) < 4.78 is 51.1. The minimum atomic E-state index is -1.79. The fraction of sp³-hybridized carbons (Fsp3) is 0.974. The van der Waals surface area contributed by atoms with Crippen molar-refractivity contribution >= 4 is 5.97 Å². The summed E-state index contributed by atoms with van der Waals surface area (Å²) >= 11 is 0. The highest BCUT2D eigenvalue weighted by atomic mass is 16.7. The van der Waals surface area contributed by atoms with E-state index in [4.69, 9.17) is 37.9 Å². The van der Waals surface area contributed by atoms with Crippen molar-refractivity contribution in [1.29, 1.82) is 0 Å². The summed E-state index contributed by atoms with van der Waals surface area (Å²) in [7, 11) is 1.53. The zero-order chi connectivity index (χ0) is 39.2. The minimum absolute atomic E-state index is 0.0658. The summed E-state index contributed by atoms with van der Waals surface area (Å²) in [6.45, 7) is 21.0. The molecule has 53 heavy (non-hydrogen) atoms. The predicted octanol–water partition coefficient (Wildman–Crippen LogP) is 2.39. The fourth-order valence-corrected chi connectivity index (χ4v) is 9.96. The molecule has 5 rings (SSSR count). The molecule has 7 unspecified atom stereocenters. The standard InChI is InChI=1S/C39H69NO13/c1-12-27(41)39(10,45)34-22(4)30-20(2)18-38(9,53-30)33(52-36-29(42)26(17-21(3)48-36)40-13-15-47-16-14-40)23(5)31(24(6)35(44)51-34)50-28-19-37(8,46-11)32(43)25(7)49-28/h20-34,36,41-43,45H,12-19H2,1-11H3/t20?,21?,22-,23-,24+,25?,26?,27+,28-,29?,30?,31-,32-,33+,34+,36-,37?,38-,39+/m0/s1. The number of esters is 1. The van der Waals surface area contributed by atoms with E-state index in [-0.39, 0.29) is 30.9 Å². The summed E-state index contributed by atoms with van der Waals surface area (Å²) in [5.74, 6) is -2.71. The van der Waals surface area contributed by atoms with Crippen molar-refractivity contribution in [3.05, 3.63) is 0 Å². The second kappa shape index (κ2) is 16.8. The van der Waals surface area contributed by atoms with Crippen LogP contribution in [0.5, 0.6) is 0 Å². The van der Waals surface area contributed by atoms with Crippen molar-refractivity contribution in [3.63, 3.8) is 0 Å². The number of carbonyl (C=O) groups is 1. The third kappa shape index (κ3) is 8.64. The van der Waals surface area contributed by atoms with Crippen LogP contribution in [0, 0.1) is 23.7 Å². The third-order valence-corrected chi connectivity index (χ3v) is 13.2. The number of hydrogen-bond donors (Lipinski definition) is 4. The molecule has 14 heteroatoms. The van der Waals surface area contributed by atoms with Crippen molar-refractivity contribution in [2.45, 2.75) is 185 Å². The van der Waals surface area contributed by atoms with Gasteiger partial charge in [0.2, 0.25) is 0 Å². The summed E-state index contributed by atoms with van der Waals surface area (Å²) in [4.78, 5) is 16.6. The quantitative estimate of drug-likeness (QED) is 0.252. The van der Waals surface area contributed by atoms with Gasteiger partial charge in [-0.05, 0) is 66.7 Å². The number of ether oxygens (including phenoxy) is 8. The number of fused-ring (bicyclic) bond motifs is 2. The maximum Gasteiger partial charge on any atom is 0.311 e. The van der Waals surface area contributed by atoms with Crippen LogP contribution in [0.1, 0.15) is 94.9 Å². The van der Waals surface area contributed by atoms with Crippen LogP contribution in [0.3, 0.4) is 0 Å². The highest BCUT2D eigenvalue weighted by molar-refractivity contribution is 5.73. The number of rotatable bonds is 9. The summed E-state index contributed by atoms with van der Waals surface area (Å²) in [6, 6.07) is -0.209. The van der Waals surface area contributed by atoms with Crippen LogP contribution in [-0.4, -0.2) is 155 Å². The van der Waals surface area contributed by atoms with Gasteiger partial charge in [0.25, 0.3) is 0 Å². The number of carbonyl (C=O) groups excluding carboxylic acids is 1. The Morgan fingerprint density at radius 2 is 1.66 bits per heavy atom. The molecule has 0 aromatic carbocycles. The first-order valence-corrected chi connectivity index (χ1v) is 19.9. The molecule has 0 amide bonds.